The molecule has 0 saturated heterocycles. The number of aromatic nitrogens is 3. The minimum Gasteiger partial charge on any atom is -0.325 e. The molecule has 1 aliphatic rings. The summed E-state index contributed by atoms with van der Waals surface area (Å²) in [6.45, 7) is 8.60. The maximum Gasteiger partial charge on any atom is 0.234 e. The molecule has 0 bridgehead atoms. The molecule has 0 radical (unpaired) electrons. The van der Waals surface area contributed by atoms with Crippen LogP contribution in [0, 0.1) is 19.8 Å². The number of allylic oxidation sites excluding steroid dienone is 1. The van der Waals surface area contributed by atoms with Crippen molar-refractivity contribution in [3.63, 3.8) is 0 Å². The number of carbonyl (C=O) groups is 1. The van der Waals surface area contributed by atoms with Gasteiger partial charge in [0.05, 0.1) is 5.75 Å². The maximum absolute atomic E-state index is 12.4. The Morgan fingerprint density at radius 1 is 1.28 bits per heavy atom. The smallest absolute Gasteiger partial charge is 0.234 e. The number of hydrogen-bond acceptors (Lipinski definition) is 4. The molecule has 6 heteroatoms. The third-order valence-corrected chi connectivity index (χ3v) is 6.56. The van der Waals surface area contributed by atoms with Crippen molar-refractivity contribution >= 4 is 23.4 Å². The molecule has 5 nitrogen and oxygen atoms in total. The third-order valence-electron chi connectivity index (χ3n) is 5.59. The van der Waals surface area contributed by atoms with E-state index in [1.807, 2.05) is 32.1 Å². The fraction of sp³-hybridized carbons (Fsp3) is 0.522. The number of amides is 1. The Morgan fingerprint density at radius 2 is 2.07 bits per heavy atom. The summed E-state index contributed by atoms with van der Waals surface area (Å²) < 4.78 is 2.10. The molecule has 1 heterocycles. The quantitative estimate of drug-likeness (QED) is 0.447. The molecule has 1 aliphatic carbocycles. The van der Waals surface area contributed by atoms with Crippen molar-refractivity contribution < 1.29 is 4.79 Å². The van der Waals surface area contributed by atoms with Crippen molar-refractivity contribution in [2.45, 2.75) is 70.5 Å². The number of rotatable bonds is 9. The van der Waals surface area contributed by atoms with Crippen molar-refractivity contribution in [3.8, 4) is 0 Å². The van der Waals surface area contributed by atoms with Gasteiger partial charge in [-0.3, -0.25) is 4.79 Å². The third kappa shape index (κ3) is 6.20. The van der Waals surface area contributed by atoms with Crippen LogP contribution in [-0.4, -0.2) is 26.4 Å². The summed E-state index contributed by atoms with van der Waals surface area (Å²) in [7, 11) is 0. The van der Waals surface area contributed by atoms with E-state index in [9.17, 15) is 4.79 Å². The fourth-order valence-electron chi connectivity index (χ4n) is 4.00. The summed E-state index contributed by atoms with van der Waals surface area (Å²) in [4.78, 5) is 12.4. The van der Waals surface area contributed by atoms with Crippen molar-refractivity contribution in [1.82, 2.24) is 14.8 Å². The Hall–Kier alpha value is -2.08. The molecule has 29 heavy (non-hydrogen) atoms. The molecule has 1 amide bonds. The largest absolute Gasteiger partial charge is 0.325 e. The van der Waals surface area contributed by atoms with E-state index in [2.05, 4.69) is 32.7 Å². The van der Waals surface area contributed by atoms with E-state index in [0.29, 0.717) is 12.3 Å². The molecule has 1 aromatic heterocycles. The SMILES string of the molecule is C=CCn1c(CCC2CCCCC2)nnc1SCC(=O)Nc1ccc(C)cc1C. The van der Waals surface area contributed by atoms with E-state index in [-0.39, 0.29) is 5.91 Å². The topological polar surface area (TPSA) is 59.8 Å². The highest BCUT2D eigenvalue weighted by Crippen LogP contribution is 2.28. The molecule has 1 aromatic carbocycles. The summed E-state index contributed by atoms with van der Waals surface area (Å²) in [5, 5.41) is 12.6. The van der Waals surface area contributed by atoms with Crippen LogP contribution in [0.5, 0.6) is 0 Å². The van der Waals surface area contributed by atoms with Crippen LogP contribution in [0.4, 0.5) is 5.69 Å². The van der Waals surface area contributed by atoms with Crippen molar-refractivity contribution in [3.05, 3.63) is 47.8 Å². The summed E-state index contributed by atoms with van der Waals surface area (Å²) in [5.74, 6) is 2.11. The first kappa shape index (κ1) is 21.6. The molecule has 0 unspecified atom stereocenters. The number of thioether (sulfide) groups is 1. The highest BCUT2D eigenvalue weighted by Gasteiger charge is 2.17. The fourth-order valence-corrected chi connectivity index (χ4v) is 4.77. The number of hydrogen-bond donors (Lipinski definition) is 1. The van der Waals surface area contributed by atoms with E-state index in [4.69, 9.17) is 0 Å². The van der Waals surface area contributed by atoms with Crippen LogP contribution in [0.15, 0.2) is 36.0 Å². The summed E-state index contributed by atoms with van der Waals surface area (Å²) >= 11 is 1.44. The Kier molecular flexibility index (Phi) is 7.92. The first-order valence-corrected chi connectivity index (χ1v) is 11.6. The number of carbonyl (C=O) groups excluding carboxylic acids is 1. The Labute approximate surface area is 178 Å². The number of aryl methyl sites for hydroxylation is 3. The van der Waals surface area contributed by atoms with E-state index in [1.165, 1.54) is 55.9 Å². The van der Waals surface area contributed by atoms with Crippen molar-refractivity contribution in [2.75, 3.05) is 11.1 Å². The van der Waals surface area contributed by atoms with Gasteiger partial charge in [-0.15, -0.1) is 16.8 Å². The van der Waals surface area contributed by atoms with Crippen LogP contribution in [-0.2, 0) is 17.8 Å². The number of benzene rings is 1. The summed E-state index contributed by atoms with van der Waals surface area (Å²) in [6.07, 6.45) is 10.8. The number of anilines is 1. The van der Waals surface area contributed by atoms with Crippen LogP contribution in [0.25, 0.3) is 0 Å². The van der Waals surface area contributed by atoms with Crippen LogP contribution in [0.3, 0.4) is 0 Å². The molecule has 2 aromatic rings. The van der Waals surface area contributed by atoms with Gasteiger partial charge < -0.3 is 9.88 Å². The lowest BCUT2D eigenvalue weighted by atomic mass is 9.86. The highest BCUT2D eigenvalue weighted by atomic mass is 32.2. The monoisotopic (exact) mass is 412 g/mol. The molecular weight excluding hydrogens is 380 g/mol. The molecule has 3 rings (SSSR count). The van der Waals surface area contributed by atoms with Crippen LogP contribution < -0.4 is 5.32 Å². The van der Waals surface area contributed by atoms with Crippen LogP contribution in [0.1, 0.15) is 55.5 Å². The first-order chi connectivity index (χ1) is 14.1. The van der Waals surface area contributed by atoms with Gasteiger partial charge in [0.2, 0.25) is 5.91 Å². The minimum atomic E-state index is -0.0288. The molecular formula is C23H32N4OS. The van der Waals surface area contributed by atoms with Gasteiger partial charge in [0, 0.05) is 18.7 Å². The molecule has 1 saturated carbocycles. The van der Waals surface area contributed by atoms with Gasteiger partial charge >= 0.3 is 0 Å². The molecule has 1 fully saturated rings. The predicted octanol–water partition coefficient (Wildman–Crippen LogP) is 5.32. The zero-order chi connectivity index (χ0) is 20.6. The molecule has 0 spiro atoms. The van der Waals surface area contributed by atoms with Gasteiger partial charge in [-0.1, -0.05) is 67.6 Å². The van der Waals surface area contributed by atoms with E-state index < -0.39 is 0 Å². The van der Waals surface area contributed by atoms with Crippen LogP contribution in [0.2, 0.25) is 0 Å². The molecule has 0 atom stereocenters. The summed E-state index contributed by atoms with van der Waals surface area (Å²) in [5.41, 5.74) is 3.12. The Balaban J connectivity index is 1.57. The van der Waals surface area contributed by atoms with Crippen LogP contribution >= 0.6 is 11.8 Å². The minimum absolute atomic E-state index is 0.0288. The van der Waals surface area contributed by atoms with Gasteiger partial charge in [0.25, 0.3) is 0 Å². The second-order valence-corrected chi connectivity index (χ2v) is 8.94. The van der Waals surface area contributed by atoms with Crippen molar-refractivity contribution in [2.24, 2.45) is 5.92 Å². The highest BCUT2D eigenvalue weighted by molar-refractivity contribution is 7.99. The molecule has 1 N–H and O–H groups in total. The van der Waals surface area contributed by atoms with Gasteiger partial charge in [0.15, 0.2) is 5.16 Å². The van der Waals surface area contributed by atoms with E-state index in [0.717, 1.165) is 34.6 Å². The van der Waals surface area contributed by atoms with Gasteiger partial charge in [-0.05, 0) is 37.8 Å². The first-order valence-electron chi connectivity index (χ1n) is 10.6. The summed E-state index contributed by atoms with van der Waals surface area (Å²) in [6, 6.07) is 6.04. The second-order valence-electron chi connectivity index (χ2n) is 8.00. The lowest BCUT2D eigenvalue weighted by Gasteiger charge is -2.21. The van der Waals surface area contributed by atoms with Gasteiger partial charge in [0.1, 0.15) is 5.82 Å². The molecule has 0 aliphatic heterocycles. The average molecular weight is 413 g/mol. The standard InChI is InChI=1S/C23H32N4OS/c1-4-14-27-21(13-11-19-8-6-5-7-9-19)25-26-23(27)29-16-22(28)24-20-12-10-17(2)15-18(20)3/h4,10,12,15,19H,1,5-9,11,13-14,16H2,2-3H3,(H,24,28). The lowest BCUT2D eigenvalue weighted by molar-refractivity contribution is -0.113. The number of nitrogens with one attached hydrogen (secondary N) is 1. The lowest BCUT2D eigenvalue weighted by Crippen LogP contribution is -2.15. The maximum atomic E-state index is 12.4. The normalized spacial score (nSPS) is 14.7. The predicted molar refractivity (Wildman–Crippen MR) is 120 cm³/mol. The van der Waals surface area contributed by atoms with E-state index >= 15 is 0 Å². The average Bonchev–Trinajstić information content (AvgIpc) is 3.10. The van der Waals surface area contributed by atoms with E-state index in [1.54, 1.807) is 0 Å². The zero-order valence-corrected chi connectivity index (χ0v) is 18.4. The Morgan fingerprint density at radius 3 is 2.79 bits per heavy atom. The van der Waals surface area contributed by atoms with Crippen molar-refractivity contribution in [1.29, 1.82) is 0 Å². The zero-order valence-electron chi connectivity index (χ0n) is 17.6. The van der Waals surface area contributed by atoms with Gasteiger partial charge in [-0.25, -0.2) is 0 Å². The second kappa shape index (κ2) is 10.6. The molecule has 156 valence electrons. The number of nitrogens with zero attached hydrogens (tertiary/aromatic N) is 3. The van der Waals surface area contributed by atoms with Gasteiger partial charge in [-0.2, -0.15) is 0 Å². The Bertz CT molecular complexity index is 839.